The lowest BCUT2D eigenvalue weighted by Crippen LogP contribution is -2.42. The molecule has 1 aromatic carbocycles. The summed E-state index contributed by atoms with van der Waals surface area (Å²) in [6.45, 7) is 9.82. The van der Waals surface area contributed by atoms with Crippen LogP contribution in [-0.4, -0.2) is 46.5 Å². The van der Waals surface area contributed by atoms with Crippen molar-refractivity contribution in [2.75, 3.05) is 23.7 Å². The van der Waals surface area contributed by atoms with Crippen molar-refractivity contribution >= 4 is 34.3 Å². The second-order valence-corrected chi connectivity index (χ2v) is 10.4. The molecule has 4 N–H and O–H groups in total. The minimum absolute atomic E-state index is 0.00301. The van der Waals surface area contributed by atoms with Crippen LogP contribution in [0.25, 0.3) is 10.9 Å². The number of alkyl carbamates (subject to hydrolysis) is 1. The Hall–Kier alpha value is -3.30. The van der Waals surface area contributed by atoms with E-state index in [-0.39, 0.29) is 34.8 Å². The van der Waals surface area contributed by atoms with E-state index in [0.717, 1.165) is 12.8 Å². The van der Waals surface area contributed by atoms with Gasteiger partial charge in [0.2, 0.25) is 5.43 Å². The van der Waals surface area contributed by atoms with Crippen molar-refractivity contribution in [2.45, 2.75) is 65.1 Å². The van der Waals surface area contributed by atoms with E-state index in [0.29, 0.717) is 24.2 Å². The van der Waals surface area contributed by atoms with Gasteiger partial charge in [0.05, 0.1) is 28.3 Å². The number of aryl methyl sites for hydroxylation is 1. The lowest BCUT2D eigenvalue weighted by molar-refractivity contribution is 0.0499. The molecule has 0 bridgehead atoms. The van der Waals surface area contributed by atoms with Crippen LogP contribution in [0.3, 0.4) is 0 Å². The Kier molecular flexibility index (Phi) is 5.73. The number of aromatic nitrogens is 1. The number of carbonyl (C=O) groups excluding carboxylic acids is 1. The van der Waals surface area contributed by atoms with Gasteiger partial charge >= 0.3 is 12.1 Å². The molecule has 9 nitrogen and oxygen atoms in total. The number of hydrogen-bond donors (Lipinski definition) is 3. The Bertz CT molecular complexity index is 1250. The highest BCUT2D eigenvalue weighted by atomic mass is 19.1. The van der Waals surface area contributed by atoms with Crippen molar-refractivity contribution in [1.29, 1.82) is 0 Å². The van der Waals surface area contributed by atoms with Crippen LogP contribution in [0.15, 0.2) is 11.0 Å². The van der Waals surface area contributed by atoms with Gasteiger partial charge in [0.25, 0.3) is 0 Å². The molecule has 4 rings (SSSR count). The predicted octanol–water partition coefficient (Wildman–Crippen LogP) is 3.41. The molecule has 10 heteroatoms. The molecule has 184 valence electrons. The summed E-state index contributed by atoms with van der Waals surface area (Å²) in [6.07, 6.45) is 2.49. The van der Waals surface area contributed by atoms with Crippen molar-refractivity contribution in [2.24, 2.45) is 5.92 Å². The minimum atomic E-state index is -1.37. The van der Waals surface area contributed by atoms with Crippen LogP contribution in [-0.2, 0) is 4.74 Å². The first kappa shape index (κ1) is 23.8. The second-order valence-electron chi connectivity index (χ2n) is 10.4. The van der Waals surface area contributed by atoms with E-state index in [1.54, 1.807) is 32.3 Å². The zero-order chi connectivity index (χ0) is 25.1. The lowest BCUT2D eigenvalue weighted by Gasteiger charge is -2.26. The zero-order valence-electron chi connectivity index (χ0n) is 20.1. The number of fused-ring (bicyclic) bond motifs is 1. The van der Waals surface area contributed by atoms with E-state index in [2.05, 4.69) is 5.32 Å². The maximum atomic E-state index is 15.7. The molecule has 0 unspecified atom stereocenters. The van der Waals surface area contributed by atoms with Crippen molar-refractivity contribution in [1.82, 2.24) is 9.88 Å². The molecular formula is C24H31FN4O5. The number of nitrogens with zero attached hydrogens (tertiary/aromatic N) is 2. The van der Waals surface area contributed by atoms with Crippen LogP contribution in [0, 0.1) is 18.7 Å². The number of halogens is 1. The Morgan fingerprint density at radius 1 is 1.26 bits per heavy atom. The van der Waals surface area contributed by atoms with Crippen LogP contribution >= 0.6 is 0 Å². The number of carboxylic acid groups (broad SMARTS) is 1. The maximum absolute atomic E-state index is 15.7. The van der Waals surface area contributed by atoms with Gasteiger partial charge in [-0.25, -0.2) is 14.0 Å². The van der Waals surface area contributed by atoms with Crippen LogP contribution in [0.5, 0.6) is 0 Å². The number of rotatable bonds is 4. The Labute approximate surface area is 196 Å². The fraction of sp³-hybridized carbons (Fsp3) is 0.542. The van der Waals surface area contributed by atoms with E-state index in [4.69, 9.17) is 10.5 Å². The van der Waals surface area contributed by atoms with E-state index < -0.39 is 34.5 Å². The number of pyridine rings is 1. The molecule has 1 saturated heterocycles. The number of anilines is 2. The normalized spacial score (nSPS) is 20.6. The number of benzene rings is 1. The van der Waals surface area contributed by atoms with Crippen molar-refractivity contribution in [3.05, 3.63) is 33.4 Å². The molecule has 2 fully saturated rings. The molecule has 1 aliphatic heterocycles. The minimum Gasteiger partial charge on any atom is -0.477 e. The molecule has 0 spiro atoms. The Morgan fingerprint density at radius 2 is 1.91 bits per heavy atom. The van der Waals surface area contributed by atoms with E-state index >= 15 is 4.39 Å². The van der Waals surface area contributed by atoms with Crippen LogP contribution in [0.1, 0.15) is 62.5 Å². The van der Waals surface area contributed by atoms with Crippen LogP contribution < -0.4 is 21.4 Å². The summed E-state index contributed by atoms with van der Waals surface area (Å²) in [5.41, 5.74) is 5.19. The summed E-state index contributed by atoms with van der Waals surface area (Å²) < 4.78 is 22.8. The van der Waals surface area contributed by atoms with Crippen molar-refractivity contribution in [3.63, 3.8) is 0 Å². The first-order valence-electron chi connectivity index (χ1n) is 11.4. The molecule has 2 aliphatic rings. The number of aromatic carboxylic acids is 1. The quantitative estimate of drug-likeness (QED) is 0.580. The lowest BCUT2D eigenvalue weighted by atomic mass is 10.0. The van der Waals surface area contributed by atoms with E-state index in [1.807, 2.05) is 11.8 Å². The highest BCUT2D eigenvalue weighted by Gasteiger charge is 2.36. The second kappa shape index (κ2) is 8.18. The van der Waals surface area contributed by atoms with Gasteiger partial charge in [-0.1, -0.05) is 6.92 Å². The molecule has 0 radical (unpaired) electrons. The van der Waals surface area contributed by atoms with Gasteiger partial charge in [-0.05, 0) is 52.0 Å². The summed E-state index contributed by atoms with van der Waals surface area (Å²) in [7, 11) is 0. The average Bonchev–Trinajstić information content (AvgIpc) is 3.49. The van der Waals surface area contributed by atoms with Gasteiger partial charge in [-0.15, -0.1) is 0 Å². The number of carbonyl (C=O) groups is 2. The number of nitrogens with two attached hydrogens (primary N) is 1. The summed E-state index contributed by atoms with van der Waals surface area (Å²) in [5, 5.41) is 12.3. The molecule has 2 heterocycles. The van der Waals surface area contributed by atoms with Crippen LogP contribution in [0.2, 0.25) is 0 Å². The van der Waals surface area contributed by atoms with Gasteiger partial charge in [0.1, 0.15) is 11.2 Å². The van der Waals surface area contributed by atoms with Crippen molar-refractivity contribution in [3.8, 4) is 0 Å². The van der Waals surface area contributed by atoms with Gasteiger partial charge in [0, 0.05) is 25.3 Å². The van der Waals surface area contributed by atoms with Gasteiger partial charge < -0.3 is 30.4 Å². The topological polar surface area (TPSA) is 127 Å². The molecule has 2 aromatic rings. The SMILES string of the molecule is Cc1c(N2C[C@@H](C)[C@@H](NC(=O)OC(C)(C)C)C2)c(F)c(N)c2c(=O)c(C(=O)O)cn(C3CC3)c12. The number of ether oxygens (including phenoxy) is 1. The first-order chi connectivity index (χ1) is 15.8. The summed E-state index contributed by atoms with van der Waals surface area (Å²) in [5.74, 6) is -2.12. The standard InChI is InChI=1S/C24H31FN4O5/c1-11-8-28(10-15(11)27-23(33)34-24(3,4)5)20-12(2)19-16(18(26)17(20)25)21(30)14(22(31)32)9-29(19)13-6-7-13/h9,11,13,15H,6-8,10,26H2,1-5H3,(H,27,33)(H,31,32)/t11-,15+/m1/s1. The van der Waals surface area contributed by atoms with Crippen LogP contribution in [0.4, 0.5) is 20.6 Å². The zero-order valence-corrected chi connectivity index (χ0v) is 20.1. The first-order valence-corrected chi connectivity index (χ1v) is 11.4. The molecule has 1 amide bonds. The number of hydrogen-bond acceptors (Lipinski definition) is 6. The number of nitrogens with one attached hydrogen (secondary N) is 1. The van der Waals surface area contributed by atoms with Gasteiger partial charge in [-0.3, -0.25) is 4.79 Å². The van der Waals surface area contributed by atoms with Gasteiger partial charge in [-0.2, -0.15) is 0 Å². The fourth-order valence-corrected chi connectivity index (χ4v) is 4.74. The summed E-state index contributed by atoms with van der Waals surface area (Å²) in [6, 6.07) is -0.234. The number of nitrogen functional groups attached to an aromatic ring is 1. The summed E-state index contributed by atoms with van der Waals surface area (Å²) in [4.78, 5) is 38.7. The Morgan fingerprint density at radius 3 is 2.47 bits per heavy atom. The van der Waals surface area contributed by atoms with E-state index in [9.17, 15) is 19.5 Å². The number of carboxylic acids is 1. The monoisotopic (exact) mass is 474 g/mol. The third-order valence-corrected chi connectivity index (χ3v) is 6.46. The highest BCUT2D eigenvalue weighted by Crippen LogP contribution is 2.42. The average molecular weight is 475 g/mol. The molecule has 34 heavy (non-hydrogen) atoms. The largest absolute Gasteiger partial charge is 0.477 e. The third kappa shape index (κ3) is 4.17. The maximum Gasteiger partial charge on any atom is 0.407 e. The molecule has 1 saturated carbocycles. The van der Waals surface area contributed by atoms with E-state index in [1.165, 1.54) is 6.20 Å². The fourth-order valence-electron chi connectivity index (χ4n) is 4.74. The smallest absolute Gasteiger partial charge is 0.407 e. The summed E-state index contributed by atoms with van der Waals surface area (Å²) >= 11 is 0. The Balaban J connectivity index is 1.78. The predicted molar refractivity (Wildman–Crippen MR) is 127 cm³/mol. The molecule has 1 aliphatic carbocycles. The molecular weight excluding hydrogens is 443 g/mol. The number of amides is 1. The third-order valence-electron chi connectivity index (χ3n) is 6.46. The highest BCUT2D eigenvalue weighted by molar-refractivity contribution is 6.01. The van der Waals surface area contributed by atoms with Gasteiger partial charge in [0.15, 0.2) is 5.82 Å². The molecule has 1 aromatic heterocycles. The molecule has 2 atom stereocenters. The van der Waals surface area contributed by atoms with Crippen molar-refractivity contribution < 1.29 is 23.8 Å².